The Hall–Kier alpha value is -3.95. The molecule has 176 valence electrons. The van der Waals surface area contributed by atoms with Crippen molar-refractivity contribution in [3.05, 3.63) is 53.2 Å². The number of ether oxygens (including phenoxy) is 3. The summed E-state index contributed by atoms with van der Waals surface area (Å²) in [7, 11) is 1.30. The highest BCUT2D eigenvalue weighted by atomic mass is 19.1. The van der Waals surface area contributed by atoms with Gasteiger partial charge in [-0.25, -0.2) is 23.4 Å². The van der Waals surface area contributed by atoms with Crippen LogP contribution in [0.5, 0.6) is 5.75 Å². The van der Waals surface area contributed by atoms with Crippen LogP contribution in [0.2, 0.25) is 0 Å². The number of morpholine rings is 1. The maximum atomic E-state index is 15.5. The third kappa shape index (κ3) is 3.64. The van der Waals surface area contributed by atoms with Gasteiger partial charge in [-0.05, 0) is 24.6 Å². The van der Waals surface area contributed by atoms with Crippen LogP contribution in [0.25, 0.3) is 16.9 Å². The predicted octanol–water partition coefficient (Wildman–Crippen LogP) is 3.07. The molecular weight excluding hydrogens is 450 g/mol. The molecule has 5 rings (SSSR count). The van der Waals surface area contributed by atoms with Crippen LogP contribution < -0.4 is 10.1 Å². The molecule has 0 unspecified atom stereocenters. The van der Waals surface area contributed by atoms with Crippen molar-refractivity contribution in [2.24, 2.45) is 0 Å². The summed E-state index contributed by atoms with van der Waals surface area (Å²) in [6.07, 6.45) is 1.07. The van der Waals surface area contributed by atoms with Crippen molar-refractivity contribution in [1.82, 2.24) is 14.3 Å². The van der Waals surface area contributed by atoms with Gasteiger partial charge in [0.2, 0.25) is 0 Å². The van der Waals surface area contributed by atoms with Gasteiger partial charge in [0, 0.05) is 25.2 Å². The molecule has 0 spiro atoms. The number of methoxy groups -OCH3 is 1. The minimum absolute atomic E-state index is 0.0115. The Morgan fingerprint density at radius 3 is 2.97 bits per heavy atom. The van der Waals surface area contributed by atoms with E-state index in [-0.39, 0.29) is 41.5 Å². The van der Waals surface area contributed by atoms with E-state index >= 15 is 8.78 Å². The quantitative estimate of drug-likeness (QED) is 0.588. The molecule has 4 heterocycles. The normalized spacial score (nSPS) is 17.2. The van der Waals surface area contributed by atoms with Gasteiger partial charge in [-0.1, -0.05) is 0 Å². The summed E-state index contributed by atoms with van der Waals surface area (Å²) in [5.41, 5.74) is 1.60. The number of nitrogens with one attached hydrogen (secondary N) is 1. The Kier molecular flexibility index (Phi) is 5.43. The molecule has 2 aliphatic heterocycles. The molecule has 0 aliphatic carbocycles. The number of aryl methyl sites for hydroxylation is 1. The summed E-state index contributed by atoms with van der Waals surface area (Å²) in [4.78, 5) is 28.9. The van der Waals surface area contributed by atoms with Crippen LogP contribution in [0, 0.1) is 18.6 Å². The van der Waals surface area contributed by atoms with Crippen molar-refractivity contribution >= 4 is 23.4 Å². The highest BCUT2D eigenvalue weighted by molar-refractivity contribution is 5.78. The number of fused-ring (bicyclic) bond motifs is 2. The Labute approximate surface area is 192 Å². The van der Waals surface area contributed by atoms with Gasteiger partial charge >= 0.3 is 6.09 Å². The van der Waals surface area contributed by atoms with E-state index in [1.807, 2.05) is 13.0 Å². The van der Waals surface area contributed by atoms with Gasteiger partial charge in [-0.3, -0.25) is 0 Å². The molecule has 1 N–H and O–H groups in total. The number of hydrogen-bond acceptors (Lipinski definition) is 7. The van der Waals surface area contributed by atoms with Crippen molar-refractivity contribution in [1.29, 1.82) is 0 Å². The van der Waals surface area contributed by atoms with Crippen LogP contribution in [-0.2, 0) is 20.7 Å². The average molecular weight is 470 g/mol. The van der Waals surface area contributed by atoms with Crippen molar-refractivity contribution in [2.45, 2.75) is 19.4 Å². The summed E-state index contributed by atoms with van der Waals surface area (Å²) in [5.74, 6) is -1.03. The first-order valence-electron chi connectivity index (χ1n) is 10.5. The number of benzene rings is 1. The Morgan fingerprint density at radius 2 is 2.21 bits per heavy atom. The first kappa shape index (κ1) is 21.9. The molecule has 1 fully saturated rings. The van der Waals surface area contributed by atoms with Gasteiger partial charge in [0.1, 0.15) is 11.5 Å². The lowest BCUT2D eigenvalue weighted by atomic mass is 10.0. The number of carbonyl (C=O) groups excluding carboxylic acids is 2. The number of hydrogen-bond donors (Lipinski definition) is 1. The first-order valence-corrected chi connectivity index (χ1v) is 10.5. The maximum absolute atomic E-state index is 15.5. The summed E-state index contributed by atoms with van der Waals surface area (Å²) < 4.78 is 48.3. The fourth-order valence-corrected chi connectivity index (χ4v) is 4.25. The smallest absolute Gasteiger partial charge is 0.409 e. The Bertz CT molecular complexity index is 1370. The van der Waals surface area contributed by atoms with E-state index in [1.54, 1.807) is 16.7 Å². The zero-order chi connectivity index (χ0) is 24.0. The number of aromatic nitrogens is 2. The molecule has 34 heavy (non-hydrogen) atoms. The second kappa shape index (κ2) is 8.44. The molecule has 0 saturated carbocycles. The third-order valence-corrected chi connectivity index (χ3v) is 5.83. The van der Waals surface area contributed by atoms with Crippen molar-refractivity contribution in [3.8, 4) is 17.0 Å². The lowest BCUT2D eigenvalue weighted by Crippen LogP contribution is -2.46. The Balaban J connectivity index is 1.61. The number of rotatable bonds is 3. The van der Waals surface area contributed by atoms with Gasteiger partial charge in [0.25, 0.3) is 5.88 Å². The lowest BCUT2D eigenvalue weighted by Gasteiger charge is -2.32. The van der Waals surface area contributed by atoms with Crippen LogP contribution >= 0.6 is 0 Å². The fraction of sp³-hybridized carbons (Fsp3) is 0.304. The molecule has 0 radical (unpaired) electrons. The SMILES string of the molecule is COC(=O)N1CCO[C@@H](Cc2c(-c3c(F)cc4c(c3F)OC(=C=O)N4)nc3cc(C)ccn23)C1. The fourth-order valence-electron chi connectivity index (χ4n) is 4.25. The van der Waals surface area contributed by atoms with Crippen molar-refractivity contribution < 1.29 is 32.6 Å². The molecule has 1 aromatic carbocycles. The van der Waals surface area contributed by atoms with Crippen molar-refractivity contribution in [2.75, 3.05) is 32.1 Å². The van der Waals surface area contributed by atoms with E-state index in [1.165, 1.54) is 18.0 Å². The molecule has 0 bridgehead atoms. The minimum Gasteiger partial charge on any atom is -0.453 e. The second-order valence-electron chi connectivity index (χ2n) is 8.03. The summed E-state index contributed by atoms with van der Waals surface area (Å²) >= 11 is 0. The van der Waals surface area contributed by atoms with E-state index < -0.39 is 23.8 Å². The van der Waals surface area contributed by atoms with Crippen molar-refractivity contribution in [3.63, 3.8) is 0 Å². The monoisotopic (exact) mass is 470 g/mol. The summed E-state index contributed by atoms with van der Waals surface area (Å²) in [5, 5.41) is 2.48. The molecule has 3 aromatic rings. The summed E-state index contributed by atoms with van der Waals surface area (Å²) in [6, 6.07) is 4.70. The predicted molar refractivity (Wildman–Crippen MR) is 116 cm³/mol. The molecule has 1 atom stereocenters. The number of anilines is 1. The van der Waals surface area contributed by atoms with E-state index in [4.69, 9.17) is 14.2 Å². The second-order valence-corrected chi connectivity index (χ2v) is 8.03. The number of nitrogens with zero attached hydrogens (tertiary/aromatic N) is 3. The van der Waals surface area contributed by atoms with Gasteiger partial charge in [0.15, 0.2) is 17.5 Å². The molecule has 2 aliphatic rings. The van der Waals surface area contributed by atoms with Gasteiger partial charge in [-0.2, -0.15) is 0 Å². The third-order valence-electron chi connectivity index (χ3n) is 5.83. The molecular formula is C23H20F2N4O5. The number of halogens is 2. The largest absolute Gasteiger partial charge is 0.453 e. The summed E-state index contributed by atoms with van der Waals surface area (Å²) in [6.45, 7) is 2.82. The van der Waals surface area contributed by atoms with E-state index in [9.17, 15) is 9.59 Å². The standard InChI is InChI=1S/C23H20F2N4O5/c1-12-3-4-29-16(8-13-10-28(5-6-33-13)23(31)32-2)21(27-17(29)7-12)19-14(24)9-15-22(20(19)25)34-18(11-30)26-15/h3-4,7,9,13,26H,5-6,8,10H2,1-2H3/t13-/m0/s1. The number of amides is 1. The topological polar surface area (TPSA) is 94.4 Å². The maximum Gasteiger partial charge on any atom is 0.409 e. The molecule has 1 amide bonds. The highest BCUT2D eigenvalue weighted by Crippen LogP contribution is 2.42. The van der Waals surface area contributed by atoms with E-state index in [2.05, 4.69) is 10.3 Å². The van der Waals surface area contributed by atoms with E-state index in [0.717, 1.165) is 11.6 Å². The van der Waals surface area contributed by atoms with E-state index in [0.29, 0.717) is 24.5 Å². The molecule has 11 heteroatoms. The Morgan fingerprint density at radius 1 is 1.38 bits per heavy atom. The van der Waals surface area contributed by atoms with Crippen LogP contribution in [0.15, 0.2) is 30.3 Å². The van der Waals surface area contributed by atoms with Crippen LogP contribution in [0.1, 0.15) is 11.3 Å². The zero-order valence-corrected chi connectivity index (χ0v) is 18.4. The van der Waals surface area contributed by atoms with Gasteiger partial charge < -0.3 is 28.8 Å². The molecule has 9 nitrogen and oxygen atoms in total. The lowest BCUT2D eigenvalue weighted by molar-refractivity contribution is -0.0241. The van der Waals surface area contributed by atoms with Gasteiger partial charge in [-0.15, -0.1) is 0 Å². The van der Waals surface area contributed by atoms with Crippen LogP contribution in [0.4, 0.5) is 19.3 Å². The average Bonchev–Trinajstić information content (AvgIpc) is 3.40. The molecule has 1 saturated heterocycles. The van der Waals surface area contributed by atoms with Crippen LogP contribution in [-0.4, -0.2) is 59.2 Å². The highest BCUT2D eigenvalue weighted by Gasteiger charge is 2.32. The number of pyridine rings is 1. The zero-order valence-electron chi connectivity index (χ0n) is 18.4. The number of carbonyl (C=O) groups is 1. The van der Waals surface area contributed by atoms with Gasteiger partial charge in [0.05, 0.1) is 49.0 Å². The first-order chi connectivity index (χ1) is 16.4. The van der Waals surface area contributed by atoms with Crippen LogP contribution in [0.3, 0.4) is 0 Å². The minimum atomic E-state index is -0.991. The molecule has 2 aromatic heterocycles. The number of imidazole rings is 1.